The minimum Gasteiger partial charge on any atom is -0.355 e. The van der Waals surface area contributed by atoms with Gasteiger partial charge in [0, 0.05) is 31.7 Å². The van der Waals surface area contributed by atoms with E-state index in [1.54, 1.807) is 23.1 Å². The first-order chi connectivity index (χ1) is 12.6. The van der Waals surface area contributed by atoms with Gasteiger partial charge in [0.05, 0.1) is 12.1 Å². The highest BCUT2D eigenvalue weighted by atomic mass is 32.1. The van der Waals surface area contributed by atoms with Crippen LogP contribution in [0.15, 0.2) is 30.5 Å². The lowest BCUT2D eigenvalue weighted by molar-refractivity contribution is -0.126. The van der Waals surface area contributed by atoms with Gasteiger partial charge in [-0.25, -0.2) is 9.37 Å². The third-order valence-corrected chi connectivity index (χ3v) is 5.36. The van der Waals surface area contributed by atoms with Gasteiger partial charge in [0.15, 0.2) is 0 Å². The molecule has 1 aromatic heterocycles. The van der Waals surface area contributed by atoms with Crippen molar-refractivity contribution >= 4 is 23.2 Å². The Morgan fingerprint density at radius 2 is 2.19 bits per heavy atom. The number of benzene rings is 1. The number of carbonyl (C=O) groups excluding carboxylic acids is 2. The van der Waals surface area contributed by atoms with Crippen molar-refractivity contribution in [3.8, 4) is 10.6 Å². The molecule has 1 fully saturated rings. The van der Waals surface area contributed by atoms with E-state index in [-0.39, 0.29) is 23.5 Å². The Bertz CT molecular complexity index is 795. The Morgan fingerprint density at radius 3 is 2.96 bits per heavy atom. The summed E-state index contributed by atoms with van der Waals surface area (Å²) in [4.78, 5) is 31.2. The van der Waals surface area contributed by atoms with E-state index < -0.39 is 0 Å². The van der Waals surface area contributed by atoms with Crippen molar-refractivity contribution in [2.24, 2.45) is 11.7 Å². The quantitative estimate of drug-likeness (QED) is 0.834. The number of nitrogens with one attached hydrogen (secondary N) is 1. The van der Waals surface area contributed by atoms with Gasteiger partial charge >= 0.3 is 0 Å². The molecule has 6 nitrogen and oxygen atoms in total. The highest BCUT2D eigenvalue weighted by Crippen LogP contribution is 2.29. The summed E-state index contributed by atoms with van der Waals surface area (Å²) < 4.78 is 13.9. The molecule has 3 N–H and O–H groups in total. The molecule has 1 aromatic carbocycles. The molecule has 0 spiro atoms. The zero-order valence-corrected chi connectivity index (χ0v) is 15.1. The van der Waals surface area contributed by atoms with Crippen LogP contribution in [0.1, 0.15) is 22.5 Å². The monoisotopic (exact) mass is 376 g/mol. The van der Waals surface area contributed by atoms with E-state index in [0.717, 1.165) is 12.8 Å². The largest absolute Gasteiger partial charge is 0.355 e. The predicted molar refractivity (Wildman–Crippen MR) is 98.2 cm³/mol. The van der Waals surface area contributed by atoms with Crippen LogP contribution in [0.25, 0.3) is 10.6 Å². The fourth-order valence-electron chi connectivity index (χ4n) is 3.00. The van der Waals surface area contributed by atoms with Crippen LogP contribution in [0, 0.1) is 11.7 Å². The smallest absolute Gasteiger partial charge is 0.265 e. The standard InChI is InChI=1S/C18H21FN4O2S/c19-14-6-2-1-5-13(14)17-22-10-15(26-17)18(25)23-9-3-4-12(11-23)16(24)21-8-7-20/h1-2,5-6,10,12H,3-4,7-9,11,20H2,(H,21,24). The van der Waals surface area contributed by atoms with Gasteiger partial charge in [-0.3, -0.25) is 9.59 Å². The summed E-state index contributed by atoms with van der Waals surface area (Å²) >= 11 is 1.17. The van der Waals surface area contributed by atoms with Gasteiger partial charge in [-0.05, 0) is 25.0 Å². The van der Waals surface area contributed by atoms with E-state index in [9.17, 15) is 14.0 Å². The highest BCUT2D eigenvalue weighted by molar-refractivity contribution is 7.16. The maximum Gasteiger partial charge on any atom is 0.265 e. The van der Waals surface area contributed by atoms with E-state index in [0.29, 0.717) is 41.6 Å². The van der Waals surface area contributed by atoms with Crippen LogP contribution in [-0.4, -0.2) is 47.9 Å². The Labute approximate surface area is 155 Å². The Balaban J connectivity index is 1.69. The Kier molecular flexibility index (Phi) is 5.95. The zero-order valence-electron chi connectivity index (χ0n) is 14.3. The number of likely N-dealkylation sites (tertiary alicyclic amines) is 1. The minimum atomic E-state index is -0.365. The van der Waals surface area contributed by atoms with E-state index >= 15 is 0 Å². The summed E-state index contributed by atoms with van der Waals surface area (Å²) in [5, 5.41) is 3.25. The van der Waals surface area contributed by atoms with Gasteiger partial charge in [-0.1, -0.05) is 12.1 Å². The molecule has 3 rings (SSSR count). The lowest BCUT2D eigenvalue weighted by Crippen LogP contribution is -2.46. The van der Waals surface area contributed by atoms with Gasteiger partial charge in [0.2, 0.25) is 5.91 Å². The lowest BCUT2D eigenvalue weighted by Gasteiger charge is -2.31. The van der Waals surface area contributed by atoms with E-state index in [2.05, 4.69) is 10.3 Å². The molecule has 1 atom stereocenters. The first-order valence-electron chi connectivity index (χ1n) is 8.58. The summed E-state index contributed by atoms with van der Waals surface area (Å²) in [7, 11) is 0. The first-order valence-corrected chi connectivity index (χ1v) is 9.39. The third-order valence-electron chi connectivity index (χ3n) is 4.34. The zero-order chi connectivity index (χ0) is 18.5. The molecule has 0 aliphatic carbocycles. The molecule has 138 valence electrons. The van der Waals surface area contributed by atoms with Crippen molar-refractivity contribution in [2.45, 2.75) is 12.8 Å². The Hall–Kier alpha value is -2.32. The van der Waals surface area contributed by atoms with Crippen LogP contribution in [0.5, 0.6) is 0 Å². The second-order valence-corrected chi connectivity index (χ2v) is 7.21. The van der Waals surface area contributed by atoms with Crippen molar-refractivity contribution in [1.82, 2.24) is 15.2 Å². The lowest BCUT2D eigenvalue weighted by atomic mass is 9.97. The van der Waals surface area contributed by atoms with Crippen molar-refractivity contribution in [3.63, 3.8) is 0 Å². The summed E-state index contributed by atoms with van der Waals surface area (Å²) in [5.41, 5.74) is 5.79. The molecule has 8 heteroatoms. The fraction of sp³-hybridized carbons (Fsp3) is 0.389. The summed E-state index contributed by atoms with van der Waals surface area (Å²) in [6.07, 6.45) is 3.00. The normalized spacial score (nSPS) is 17.2. The number of hydrogen-bond donors (Lipinski definition) is 2. The molecular formula is C18H21FN4O2S. The van der Waals surface area contributed by atoms with E-state index in [1.807, 2.05) is 0 Å². The number of thiazole rings is 1. The summed E-state index contributed by atoms with van der Waals surface area (Å²) in [6, 6.07) is 6.35. The molecular weight excluding hydrogens is 355 g/mol. The van der Waals surface area contributed by atoms with Crippen LogP contribution < -0.4 is 11.1 Å². The second kappa shape index (κ2) is 8.37. The molecule has 26 heavy (non-hydrogen) atoms. The van der Waals surface area contributed by atoms with Gasteiger partial charge in [-0.15, -0.1) is 11.3 Å². The minimum absolute atomic E-state index is 0.0655. The number of piperidine rings is 1. The van der Waals surface area contributed by atoms with Crippen LogP contribution in [0.3, 0.4) is 0 Å². The molecule has 2 aromatic rings. The summed E-state index contributed by atoms with van der Waals surface area (Å²) in [6.45, 7) is 1.81. The maximum atomic E-state index is 13.9. The molecule has 2 amide bonds. The molecule has 1 unspecified atom stereocenters. The number of aromatic nitrogens is 1. The fourth-order valence-corrected chi connectivity index (χ4v) is 3.91. The van der Waals surface area contributed by atoms with Crippen molar-refractivity contribution < 1.29 is 14.0 Å². The number of hydrogen-bond acceptors (Lipinski definition) is 5. The number of nitrogens with zero attached hydrogens (tertiary/aromatic N) is 2. The van der Waals surface area contributed by atoms with E-state index in [4.69, 9.17) is 5.73 Å². The summed E-state index contributed by atoms with van der Waals surface area (Å²) in [5.74, 6) is -0.820. The van der Waals surface area contributed by atoms with Crippen molar-refractivity contribution in [3.05, 3.63) is 41.2 Å². The molecule has 2 heterocycles. The molecule has 1 aliphatic rings. The highest BCUT2D eigenvalue weighted by Gasteiger charge is 2.29. The Morgan fingerprint density at radius 1 is 1.38 bits per heavy atom. The van der Waals surface area contributed by atoms with Crippen LogP contribution >= 0.6 is 11.3 Å². The maximum absolute atomic E-state index is 13.9. The second-order valence-electron chi connectivity index (χ2n) is 6.18. The first kappa shape index (κ1) is 18.5. The molecule has 0 radical (unpaired) electrons. The van der Waals surface area contributed by atoms with Crippen LogP contribution in [0.4, 0.5) is 4.39 Å². The van der Waals surface area contributed by atoms with Gasteiger partial charge in [-0.2, -0.15) is 0 Å². The number of rotatable bonds is 5. The topological polar surface area (TPSA) is 88.3 Å². The van der Waals surface area contributed by atoms with Crippen molar-refractivity contribution in [2.75, 3.05) is 26.2 Å². The molecule has 1 aliphatic heterocycles. The average molecular weight is 376 g/mol. The van der Waals surface area contributed by atoms with Crippen LogP contribution in [-0.2, 0) is 4.79 Å². The van der Waals surface area contributed by atoms with E-state index in [1.165, 1.54) is 23.6 Å². The molecule has 0 bridgehead atoms. The van der Waals surface area contributed by atoms with Gasteiger partial charge in [0.1, 0.15) is 15.7 Å². The predicted octanol–water partition coefficient (Wildman–Crippen LogP) is 1.88. The number of nitrogens with two attached hydrogens (primary N) is 1. The van der Waals surface area contributed by atoms with Crippen LogP contribution in [0.2, 0.25) is 0 Å². The SMILES string of the molecule is NCCNC(=O)C1CCCN(C(=O)c2cnc(-c3ccccc3F)s2)C1. The molecule has 1 saturated heterocycles. The van der Waals surface area contributed by atoms with Gasteiger partial charge < -0.3 is 16.0 Å². The number of carbonyl (C=O) groups is 2. The number of amides is 2. The number of halogens is 1. The van der Waals surface area contributed by atoms with Crippen molar-refractivity contribution in [1.29, 1.82) is 0 Å². The van der Waals surface area contributed by atoms with Gasteiger partial charge in [0.25, 0.3) is 5.91 Å². The third kappa shape index (κ3) is 4.08. The molecule has 0 saturated carbocycles. The average Bonchev–Trinajstić information content (AvgIpc) is 3.16.